The number of hydrogen-bond acceptors (Lipinski definition) is 4. The normalized spacial score (nSPS) is 10.9. The van der Waals surface area contributed by atoms with Gasteiger partial charge in [-0.2, -0.15) is 0 Å². The zero-order valence-corrected chi connectivity index (χ0v) is 9.20. The second-order valence-corrected chi connectivity index (χ2v) is 3.74. The molecule has 0 aromatic carbocycles. The molecular weight excluding hydrogens is 234 g/mol. The molecule has 0 aliphatic carbocycles. The molecule has 0 fully saturated rings. The summed E-state index contributed by atoms with van der Waals surface area (Å²) in [6.07, 6.45) is 3.17. The molecule has 0 amide bonds. The number of carboxylic acid groups (broad SMARTS) is 1. The van der Waals surface area contributed by atoms with E-state index >= 15 is 0 Å². The van der Waals surface area contributed by atoms with Gasteiger partial charge in [-0.3, -0.25) is 4.40 Å². The van der Waals surface area contributed by atoms with Gasteiger partial charge in [0.25, 0.3) is 0 Å². The fraction of sp³-hybridized carbons (Fsp3) is 0. The number of nitrogen functional groups attached to an aromatic ring is 1. The summed E-state index contributed by atoms with van der Waals surface area (Å²) in [5.41, 5.74) is 6.78. The maximum Gasteiger partial charge on any atom is 0.339 e. The predicted molar refractivity (Wildman–Crippen MR) is 64.3 cm³/mol. The Kier molecular flexibility index (Phi) is 2.09. The number of carbonyl (C=O) groups is 1. The van der Waals surface area contributed by atoms with Crippen molar-refractivity contribution < 1.29 is 14.3 Å². The SMILES string of the molecule is Nc1c(-c2ccco2)nc2c(C(=O)O)cccn12. The van der Waals surface area contributed by atoms with Crippen LogP contribution in [0.3, 0.4) is 0 Å². The van der Waals surface area contributed by atoms with Crippen molar-refractivity contribution >= 4 is 17.4 Å². The van der Waals surface area contributed by atoms with Crippen molar-refractivity contribution in [1.29, 1.82) is 0 Å². The van der Waals surface area contributed by atoms with Gasteiger partial charge in [0.1, 0.15) is 17.1 Å². The highest BCUT2D eigenvalue weighted by atomic mass is 16.4. The van der Waals surface area contributed by atoms with Crippen molar-refractivity contribution in [3.63, 3.8) is 0 Å². The van der Waals surface area contributed by atoms with E-state index in [1.54, 1.807) is 24.4 Å². The Balaban J connectivity index is 2.34. The molecule has 0 saturated carbocycles. The second-order valence-electron chi connectivity index (χ2n) is 3.74. The lowest BCUT2D eigenvalue weighted by Crippen LogP contribution is -2.01. The van der Waals surface area contributed by atoms with Crippen LogP contribution in [-0.2, 0) is 0 Å². The van der Waals surface area contributed by atoms with Crippen molar-refractivity contribution in [3.05, 3.63) is 42.3 Å². The van der Waals surface area contributed by atoms with Crippen molar-refractivity contribution in [2.75, 3.05) is 5.73 Å². The molecule has 18 heavy (non-hydrogen) atoms. The molecule has 0 saturated heterocycles. The molecule has 3 aromatic rings. The minimum absolute atomic E-state index is 0.0991. The molecule has 3 aromatic heterocycles. The average molecular weight is 243 g/mol. The Hall–Kier alpha value is -2.76. The van der Waals surface area contributed by atoms with Crippen molar-refractivity contribution in [2.45, 2.75) is 0 Å². The Bertz CT molecular complexity index is 728. The summed E-state index contributed by atoms with van der Waals surface area (Å²) in [6.45, 7) is 0. The molecule has 3 N–H and O–H groups in total. The lowest BCUT2D eigenvalue weighted by molar-refractivity contribution is 0.0698. The first-order valence-electron chi connectivity index (χ1n) is 5.22. The van der Waals surface area contributed by atoms with Gasteiger partial charge in [-0.15, -0.1) is 0 Å². The third-order valence-corrected chi connectivity index (χ3v) is 2.67. The summed E-state index contributed by atoms with van der Waals surface area (Å²) in [6, 6.07) is 6.53. The number of hydrogen-bond donors (Lipinski definition) is 2. The van der Waals surface area contributed by atoms with Crippen molar-refractivity contribution in [2.24, 2.45) is 0 Å². The summed E-state index contributed by atoms with van der Waals surface area (Å²) < 4.78 is 6.76. The first kappa shape index (κ1) is 10.4. The highest BCUT2D eigenvalue weighted by molar-refractivity contribution is 5.95. The number of aromatic nitrogens is 2. The van der Waals surface area contributed by atoms with Crippen molar-refractivity contribution in [3.8, 4) is 11.5 Å². The third kappa shape index (κ3) is 1.36. The van der Waals surface area contributed by atoms with E-state index in [2.05, 4.69) is 4.98 Å². The van der Waals surface area contributed by atoms with Crippen LogP contribution >= 0.6 is 0 Å². The van der Waals surface area contributed by atoms with Gasteiger partial charge in [-0.25, -0.2) is 9.78 Å². The summed E-state index contributed by atoms with van der Waals surface area (Å²) in [5, 5.41) is 9.10. The minimum Gasteiger partial charge on any atom is -0.478 e. The molecule has 0 aliphatic heterocycles. The van der Waals surface area contributed by atoms with Gasteiger partial charge >= 0.3 is 5.97 Å². The quantitative estimate of drug-likeness (QED) is 0.716. The molecular formula is C12H9N3O3. The third-order valence-electron chi connectivity index (χ3n) is 2.67. The number of pyridine rings is 1. The van der Waals surface area contributed by atoms with Crippen molar-refractivity contribution in [1.82, 2.24) is 9.38 Å². The lowest BCUT2D eigenvalue weighted by atomic mass is 10.3. The van der Waals surface area contributed by atoms with Crippen LogP contribution in [0.1, 0.15) is 10.4 Å². The predicted octanol–water partition coefficient (Wildman–Crippen LogP) is 1.87. The first-order chi connectivity index (χ1) is 8.68. The molecule has 0 bridgehead atoms. The van der Waals surface area contributed by atoms with E-state index < -0.39 is 5.97 Å². The zero-order chi connectivity index (χ0) is 12.7. The molecule has 0 unspecified atom stereocenters. The highest BCUT2D eigenvalue weighted by Crippen LogP contribution is 2.27. The van der Waals surface area contributed by atoms with Crippen LogP contribution in [0.5, 0.6) is 0 Å². The number of aromatic carboxylic acids is 1. The summed E-state index contributed by atoms with van der Waals surface area (Å²) in [4.78, 5) is 15.3. The second kappa shape index (κ2) is 3.63. The Morgan fingerprint density at radius 3 is 2.89 bits per heavy atom. The molecule has 0 spiro atoms. The number of furan rings is 1. The minimum atomic E-state index is -1.04. The molecule has 6 heteroatoms. The Morgan fingerprint density at radius 2 is 2.22 bits per heavy atom. The van der Waals surface area contributed by atoms with E-state index in [4.69, 9.17) is 15.3 Å². The molecule has 6 nitrogen and oxygen atoms in total. The van der Waals surface area contributed by atoms with Gasteiger partial charge in [0.05, 0.1) is 6.26 Å². The highest BCUT2D eigenvalue weighted by Gasteiger charge is 2.17. The van der Waals surface area contributed by atoms with Gasteiger partial charge in [0, 0.05) is 6.20 Å². The molecule has 0 atom stereocenters. The van der Waals surface area contributed by atoms with Crippen LogP contribution in [0.2, 0.25) is 0 Å². The number of anilines is 1. The summed E-state index contributed by atoms with van der Waals surface area (Å²) >= 11 is 0. The number of nitrogens with zero attached hydrogens (tertiary/aromatic N) is 2. The van der Waals surface area contributed by atoms with Gasteiger partial charge in [0.2, 0.25) is 0 Å². The van der Waals surface area contributed by atoms with Crippen LogP contribution in [0.4, 0.5) is 5.82 Å². The summed E-state index contributed by atoms with van der Waals surface area (Å²) in [7, 11) is 0. The monoisotopic (exact) mass is 243 g/mol. The maximum atomic E-state index is 11.1. The molecule has 0 radical (unpaired) electrons. The smallest absolute Gasteiger partial charge is 0.339 e. The maximum absolute atomic E-state index is 11.1. The molecule has 90 valence electrons. The zero-order valence-electron chi connectivity index (χ0n) is 9.20. The number of rotatable bonds is 2. The number of fused-ring (bicyclic) bond motifs is 1. The standard InChI is InChI=1S/C12H9N3O3/c13-10-9(8-4-2-6-18-8)14-11-7(12(16)17)3-1-5-15(10)11/h1-6H,13H2,(H,16,17). The molecule has 3 heterocycles. The van der Waals surface area contributed by atoms with Gasteiger partial charge in [-0.1, -0.05) is 0 Å². The van der Waals surface area contributed by atoms with E-state index in [1.165, 1.54) is 16.7 Å². The van der Waals surface area contributed by atoms with Gasteiger partial charge in [-0.05, 0) is 24.3 Å². The van der Waals surface area contributed by atoms with E-state index in [-0.39, 0.29) is 5.56 Å². The van der Waals surface area contributed by atoms with Crippen LogP contribution in [0, 0.1) is 0 Å². The van der Waals surface area contributed by atoms with E-state index in [1.807, 2.05) is 0 Å². The number of nitrogens with two attached hydrogens (primary N) is 1. The van der Waals surface area contributed by atoms with E-state index in [0.29, 0.717) is 22.9 Å². The lowest BCUT2D eigenvalue weighted by Gasteiger charge is -1.98. The fourth-order valence-electron chi connectivity index (χ4n) is 1.85. The van der Waals surface area contributed by atoms with Gasteiger partial charge in [0.15, 0.2) is 11.4 Å². The largest absolute Gasteiger partial charge is 0.478 e. The first-order valence-corrected chi connectivity index (χ1v) is 5.22. The number of imidazole rings is 1. The van der Waals surface area contributed by atoms with Crippen LogP contribution < -0.4 is 5.73 Å². The van der Waals surface area contributed by atoms with Crippen LogP contribution in [0.15, 0.2) is 41.1 Å². The average Bonchev–Trinajstić information content (AvgIpc) is 2.97. The Morgan fingerprint density at radius 1 is 1.39 bits per heavy atom. The van der Waals surface area contributed by atoms with E-state index in [0.717, 1.165) is 0 Å². The van der Waals surface area contributed by atoms with Crippen LogP contribution in [0.25, 0.3) is 17.1 Å². The summed E-state index contributed by atoms with van der Waals surface area (Å²) in [5.74, 6) is -0.188. The van der Waals surface area contributed by atoms with E-state index in [9.17, 15) is 4.79 Å². The number of carboxylic acids is 1. The molecule has 0 aliphatic rings. The molecule has 3 rings (SSSR count). The van der Waals surface area contributed by atoms with Crippen LogP contribution in [-0.4, -0.2) is 20.5 Å². The fourth-order valence-corrected chi connectivity index (χ4v) is 1.85. The topological polar surface area (TPSA) is 93.8 Å². The Labute approximate surface area is 101 Å². The van der Waals surface area contributed by atoms with Gasteiger partial charge < -0.3 is 15.3 Å².